The van der Waals surface area contributed by atoms with Crippen LogP contribution < -0.4 is 4.84 Å². The van der Waals surface area contributed by atoms with E-state index in [1.807, 2.05) is 0 Å². The number of rotatable bonds is 2. The van der Waals surface area contributed by atoms with E-state index in [1.54, 1.807) is 14.0 Å². The maximum absolute atomic E-state index is 11.2. The van der Waals surface area contributed by atoms with E-state index in [4.69, 9.17) is 10.2 Å². The normalized spacial score (nSPS) is 9.86. The molecule has 1 heterocycles. The van der Waals surface area contributed by atoms with Crippen molar-refractivity contribution >= 4 is 6.09 Å². The number of hydrogen-bond donors (Lipinski definition) is 2. The monoisotopic (exact) mass is 200 g/mol. The van der Waals surface area contributed by atoms with Crippen LogP contribution in [0.1, 0.15) is 6.92 Å². The van der Waals surface area contributed by atoms with Gasteiger partial charge in [0.1, 0.15) is 0 Å². The van der Waals surface area contributed by atoms with E-state index in [0.29, 0.717) is 11.3 Å². The number of carbonyl (C=O) groups is 1. The van der Waals surface area contributed by atoms with E-state index in [1.165, 1.54) is 17.0 Å². The topological polar surface area (TPSA) is 74.9 Å². The molecule has 6 nitrogen and oxygen atoms in total. The van der Waals surface area contributed by atoms with Crippen molar-refractivity contribution in [2.75, 3.05) is 13.6 Å². The van der Waals surface area contributed by atoms with Gasteiger partial charge in [0.05, 0.1) is 0 Å². The zero-order valence-corrected chi connectivity index (χ0v) is 7.97. The molecule has 0 aliphatic carbocycles. The van der Waals surface area contributed by atoms with Gasteiger partial charge in [0.25, 0.3) is 0 Å². The molecule has 1 amide bonds. The first-order valence-electron chi connectivity index (χ1n) is 4.09. The molecule has 1 aromatic rings. The highest BCUT2D eigenvalue weighted by Gasteiger charge is 2.14. The minimum Gasteiger partial charge on any atom is -0.492 e. The summed E-state index contributed by atoms with van der Waals surface area (Å²) in [6, 6.07) is 2.43. The van der Waals surface area contributed by atoms with E-state index < -0.39 is 6.09 Å². The van der Waals surface area contributed by atoms with Crippen LogP contribution in [0.4, 0.5) is 4.79 Å². The number of carbonyl (C=O) groups excluding carboxylic acids is 1. The van der Waals surface area contributed by atoms with Crippen molar-refractivity contribution in [2.24, 2.45) is 0 Å². The second-order valence-corrected chi connectivity index (χ2v) is 2.72. The minimum absolute atomic E-state index is 0.333. The van der Waals surface area contributed by atoms with Gasteiger partial charge in [0, 0.05) is 25.7 Å². The fraction of sp³-hybridized carbons (Fsp3) is 0.375. The molecule has 0 atom stereocenters. The Hall–Kier alpha value is -1.85. The van der Waals surface area contributed by atoms with Crippen molar-refractivity contribution in [3.05, 3.63) is 12.1 Å². The molecule has 1 aromatic heterocycles. The maximum Gasteiger partial charge on any atom is 0.434 e. The Bertz CT molecular complexity index is 315. The first kappa shape index (κ1) is 10.2. The Balaban J connectivity index is 2.74. The van der Waals surface area contributed by atoms with Gasteiger partial charge in [-0.15, -0.1) is 4.73 Å². The number of aromatic nitrogens is 1. The lowest BCUT2D eigenvalue weighted by Gasteiger charge is -2.14. The van der Waals surface area contributed by atoms with E-state index in [0.717, 1.165) is 0 Å². The molecular weight excluding hydrogens is 188 g/mol. The van der Waals surface area contributed by atoms with Crippen LogP contribution in [0, 0.1) is 0 Å². The molecule has 0 bridgehead atoms. The molecule has 0 saturated heterocycles. The van der Waals surface area contributed by atoms with Crippen LogP contribution in [-0.4, -0.2) is 39.5 Å². The number of nitrogens with zero attached hydrogens (tertiary/aromatic N) is 2. The van der Waals surface area contributed by atoms with Gasteiger partial charge in [-0.05, 0) is 6.92 Å². The molecule has 6 heteroatoms. The summed E-state index contributed by atoms with van der Waals surface area (Å²) in [5.41, 5.74) is 0. The molecule has 2 N–H and O–H groups in total. The van der Waals surface area contributed by atoms with Crippen molar-refractivity contribution in [3.63, 3.8) is 0 Å². The fourth-order valence-electron chi connectivity index (χ4n) is 0.772. The summed E-state index contributed by atoms with van der Waals surface area (Å²) >= 11 is 0. The molecule has 14 heavy (non-hydrogen) atoms. The predicted octanol–water partition coefficient (Wildman–Crippen LogP) is 0.400. The summed E-state index contributed by atoms with van der Waals surface area (Å²) in [5.74, 6) is -0.666. The van der Waals surface area contributed by atoms with E-state index in [2.05, 4.69) is 4.84 Å². The predicted molar refractivity (Wildman–Crippen MR) is 48.0 cm³/mol. The fourth-order valence-corrected chi connectivity index (χ4v) is 0.772. The molecule has 0 aliphatic heterocycles. The summed E-state index contributed by atoms with van der Waals surface area (Å²) in [6.45, 7) is 2.25. The number of amides is 1. The van der Waals surface area contributed by atoms with Crippen LogP contribution in [-0.2, 0) is 0 Å². The average molecular weight is 200 g/mol. The largest absolute Gasteiger partial charge is 0.492 e. The standard InChI is InChI=1S/C8H12N2O4/c1-3-9(2)8(13)14-10-6(11)4-5-7(10)12/h4-5,11-12H,3H2,1-2H3. The zero-order valence-electron chi connectivity index (χ0n) is 7.97. The molecular formula is C8H12N2O4. The van der Waals surface area contributed by atoms with Crippen molar-refractivity contribution < 1.29 is 19.8 Å². The van der Waals surface area contributed by atoms with E-state index in [-0.39, 0.29) is 11.8 Å². The molecule has 1 rings (SSSR count). The van der Waals surface area contributed by atoms with Crippen molar-refractivity contribution in [3.8, 4) is 11.8 Å². The summed E-state index contributed by atoms with van der Waals surface area (Å²) in [7, 11) is 1.54. The van der Waals surface area contributed by atoms with Crippen LogP contribution >= 0.6 is 0 Å². The van der Waals surface area contributed by atoms with Crippen LogP contribution in [0.15, 0.2) is 12.1 Å². The van der Waals surface area contributed by atoms with Crippen LogP contribution in [0.5, 0.6) is 11.8 Å². The third-order valence-electron chi connectivity index (χ3n) is 1.75. The summed E-state index contributed by atoms with van der Waals surface area (Å²) in [5, 5.41) is 18.3. The minimum atomic E-state index is -0.658. The van der Waals surface area contributed by atoms with Crippen molar-refractivity contribution in [1.29, 1.82) is 0 Å². The third kappa shape index (κ3) is 1.90. The van der Waals surface area contributed by atoms with Gasteiger partial charge in [-0.2, -0.15) is 0 Å². The molecule has 78 valence electrons. The van der Waals surface area contributed by atoms with E-state index in [9.17, 15) is 4.79 Å². The Kier molecular flexibility index (Phi) is 2.85. The number of aromatic hydroxyl groups is 2. The number of hydrogen-bond acceptors (Lipinski definition) is 4. The van der Waals surface area contributed by atoms with Gasteiger partial charge < -0.3 is 20.0 Å². The highest BCUT2D eigenvalue weighted by molar-refractivity contribution is 5.67. The Morgan fingerprint density at radius 3 is 2.43 bits per heavy atom. The Labute approximate surface area is 80.9 Å². The molecule has 0 aromatic carbocycles. The first-order chi connectivity index (χ1) is 6.56. The Morgan fingerprint density at radius 2 is 2.00 bits per heavy atom. The van der Waals surface area contributed by atoms with Crippen LogP contribution in [0.2, 0.25) is 0 Å². The van der Waals surface area contributed by atoms with Crippen LogP contribution in [0.3, 0.4) is 0 Å². The van der Waals surface area contributed by atoms with Crippen molar-refractivity contribution in [1.82, 2.24) is 9.63 Å². The van der Waals surface area contributed by atoms with Gasteiger partial charge >= 0.3 is 6.09 Å². The SMILES string of the molecule is CCN(C)C(=O)On1c(O)ccc1O. The lowest BCUT2D eigenvalue weighted by Crippen LogP contribution is -2.33. The van der Waals surface area contributed by atoms with Gasteiger partial charge in [0.2, 0.25) is 11.8 Å². The lowest BCUT2D eigenvalue weighted by molar-refractivity contribution is 0.0822. The van der Waals surface area contributed by atoms with E-state index >= 15 is 0 Å². The van der Waals surface area contributed by atoms with Crippen molar-refractivity contribution in [2.45, 2.75) is 6.92 Å². The molecule has 0 fully saturated rings. The highest BCUT2D eigenvalue weighted by atomic mass is 16.7. The zero-order chi connectivity index (χ0) is 10.7. The summed E-state index contributed by atoms with van der Waals surface area (Å²) < 4.78 is 0.647. The molecule has 0 spiro atoms. The van der Waals surface area contributed by atoms with Gasteiger partial charge in [-0.25, -0.2) is 4.79 Å². The highest BCUT2D eigenvalue weighted by Crippen LogP contribution is 2.18. The summed E-state index contributed by atoms with van der Waals surface area (Å²) in [6.07, 6.45) is -0.658. The second kappa shape index (κ2) is 3.91. The summed E-state index contributed by atoms with van der Waals surface area (Å²) in [4.78, 5) is 17.2. The smallest absolute Gasteiger partial charge is 0.434 e. The quantitative estimate of drug-likeness (QED) is 0.724. The van der Waals surface area contributed by atoms with Gasteiger partial charge in [-0.3, -0.25) is 0 Å². The van der Waals surface area contributed by atoms with Crippen LogP contribution in [0.25, 0.3) is 0 Å². The average Bonchev–Trinajstić information content (AvgIpc) is 2.48. The molecule has 0 radical (unpaired) electrons. The second-order valence-electron chi connectivity index (χ2n) is 2.72. The Morgan fingerprint density at radius 1 is 1.50 bits per heavy atom. The molecule has 0 aliphatic rings. The van der Waals surface area contributed by atoms with Gasteiger partial charge in [-0.1, -0.05) is 0 Å². The molecule has 0 unspecified atom stereocenters. The molecule has 0 saturated carbocycles. The van der Waals surface area contributed by atoms with Gasteiger partial charge in [0.15, 0.2) is 0 Å². The maximum atomic E-state index is 11.2. The first-order valence-corrected chi connectivity index (χ1v) is 4.09. The third-order valence-corrected chi connectivity index (χ3v) is 1.75. The lowest BCUT2D eigenvalue weighted by atomic mass is 10.6.